The highest BCUT2D eigenvalue weighted by molar-refractivity contribution is 5.98. The van der Waals surface area contributed by atoms with Gasteiger partial charge in [0.25, 0.3) is 0 Å². The van der Waals surface area contributed by atoms with Crippen molar-refractivity contribution in [2.24, 2.45) is 23.7 Å². The molecule has 0 aliphatic carbocycles. The number of rotatable bonds is 23. The molecule has 1 saturated heterocycles. The smallest absolute Gasteiger partial charge is 0.247 e. The molecule has 0 radical (unpaired) electrons. The van der Waals surface area contributed by atoms with Gasteiger partial charge >= 0.3 is 0 Å². The second-order valence-electron chi connectivity index (χ2n) is 17.2. The van der Waals surface area contributed by atoms with Crippen molar-refractivity contribution in [1.29, 1.82) is 0 Å². The van der Waals surface area contributed by atoms with Crippen molar-refractivity contribution in [1.82, 2.24) is 30.9 Å². The number of nitrogen functional groups attached to an aromatic ring is 1. The first-order valence-corrected chi connectivity index (χ1v) is 21.7. The van der Waals surface area contributed by atoms with E-state index in [1.165, 1.54) is 7.11 Å². The van der Waals surface area contributed by atoms with Crippen LogP contribution in [-0.4, -0.2) is 129 Å². The van der Waals surface area contributed by atoms with Crippen LogP contribution in [0.1, 0.15) is 79.7 Å². The van der Waals surface area contributed by atoms with Crippen LogP contribution in [0.5, 0.6) is 0 Å². The fraction of sp³-hybridized carbons (Fsp3) is 0.630. The highest BCUT2D eigenvalue weighted by atomic mass is 16.5. The van der Waals surface area contributed by atoms with Gasteiger partial charge in [0.2, 0.25) is 29.5 Å². The van der Waals surface area contributed by atoms with Crippen LogP contribution < -0.4 is 27.1 Å². The Bertz CT molecular complexity index is 1710. The summed E-state index contributed by atoms with van der Waals surface area (Å²) in [5.41, 5.74) is 10.8. The van der Waals surface area contributed by atoms with Crippen LogP contribution in [0.3, 0.4) is 0 Å². The molecule has 0 aromatic heterocycles. The molecule has 0 spiro atoms. The number of ether oxygens (including phenoxy) is 2. The van der Waals surface area contributed by atoms with Crippen molar-refractivity contribution in [2.75, 3.05) is 53.0 Å². The highest BCUT2D eigenvalue weighted by Gasteiger charge is 2.43. The normalized spacial score (nSPS) is 18.1. The number of likely N-dealkylation sites (N-methyl/N-ethyl adjacent to an activating group) is 2. The van der Waals surface area contributed by atoms with Gasteiger partial charge in [-0.3, -0.25) is 29.4 Å². The number of carbonyl (C=O) groups is 5. The number of hydrogen-bond donors (Lipinski definition) is 5. The van der Waals surface area contributed by atoms with E-state index in [-0.39, 0.29) is 60.1 Å². The van der Waals surface area contributed by atoms with Crippen LogP contribution in [0.25, 0.3) is 0 Å². The number of amides is 5. The minimum atomic E-state index is -0.900. The van der Waals surface area contributed by atoms with Crippen LogP contribution in [-0.2, 0) is 39.9 Å². The molecule has 15 heteroatoms. The molecule has 1 aliphatic rings. The fourth-order valence-electron chi connectivity index (χ4n) is 8.50. The molecule has 5 amide bonds. The Hall–Kier alpha value is -4.57. The second-order valence-corrected chi connectivity index (χ2v) is 17.2. The number of nitrogens with one attached hydrogen (secondary N) is 4. The molecular weight excluding hydrogens is 777 g/mol. The number of benzene rings is 2. The highest BCUT2D eigenvalue weighted by Crippen LogP contribution is 2.30. The van der Waals surface area contributed by atoms with E-state index >= 15 is 0 Å². The van der Waals surface area contributed by atoms with Crippen molar-refractivity contribution >= 4 is 40.9 Å². The maximum atomic E-state index is 14.4. The van der Waals surface area contributed by atoms with Crippen molar-refractivity contribution in [3.05, 3.63) is 60.2 Å². The minimum absolute atomic E-state index is 0.0117. The van der Waals surface area contributed by atoms with Crippen LogP contribution in [0.15, 0.2) is 54.6 Å². The monoisotopic (exact) mass is 851 g/mol. The maximum absolute atomic E-state index is 14.4. The molecule has 0 bridgehead atoms. The summed E-state index contributed by atoms with van der Waals surface area (Å²) in [5.74, 6) is -2.47. The first-order valence-electron chi connectivity index (χ1n) is 21.7. The molecule has 9 atom stereocenters. The average molecular weight is 851 g/mol. The zero-order valence-corrected chi connectivity index (χ0v) is 38.6. The summed E-state index contributed by atoms with van der Waals surface area (Å²) in [6.45, 7) is 14.0. The second kappa shape index (κ2) is 24.2. The van der Waals surface area contributed by atoms with E-state index in [0.29, 0.717) is 37.2 Å². The summed E-state index contributed by atoms with van der Waals surface area (Å²) in [6, 6.07) is 13.1. The molecule has 1 aliphatic heterocycles. The fourth-order valence-corrected chi connectivity index (χ4v) is 8.50. The lowest BCUT2D eigenvalue weighted by molar-refractivity contribution is -0.148. The zero-order valence-electron chi connectivity index (χ0n) is 38.6. The lowest BCUT2D eigenvalue weighted by Gasteiger charge is -2.41. The molecule has 0 saturated carbocycles. The third kappa shape index (κ3) is 13.7. The predicted octanol–water partition coefficient (Wildman–Crippen LogP) is 4.09. The van der Waals surface area contributed by atoms with Crippen molar-refractivity contribution in [3.63, 3.8) is 0 Å². The minimum Gasteiger partial charge on any atom is -0.399 e. The summed E-state index contributed by atoms with van der Waals surface area (Å²) < 4.78 is 12.1. The summed E-state index contributed by atoms with van der Waals surface area (Å²) in [7, 11) is 8.35. The van der Waals surface area contributed by atoms with Crippen LogP contribution in [0.4, 0.5) is 11.4 Å². The van der Waals surface area contributed by atoms with Crippen LogP contribution in [0, 0.1) is 23.7 Å². The Morgan fingerprint density at radius 1 is 0.852 bits per heavy atom. The first kappa shape index (κ1) is 50.8. The Kier molecular flexibility index (Phi) is 20.1. The molecule has 2 aromatic carbocycles. The number of likely N-dealkylation sites (tertiary alicyclic amines) is 1. The first-order chi connectivity index (χ1) is 28.9. The Balaban J connectivity index is 1.81. The van der Waals surface area contributed by atoms with Gasteiger partial charge in [-0.05, 0) is 67.5 Å². The number of carbonyl (C=O) groups excluding carboxylic acids is 5. The van der Waals surface area contributed by atoms with Crippen molar-refractivity contribution in [3.8, 4) is 0 Å². The van der Waals surface area contributed by atoms with Crippen molar-refractivity contribution < 1.29 is 33.4 Å². The largest absolute Gasteiger partial charge is 0.399 e. The number of hydrogen-bond acceptors (Lipinski definition) is 10. The topological polar surface area (TPSA) is 188 Å². The van der Waals surface area contributed by atoms with E-state index in [2.05, 4.69) is 21.4 Å². The Morgan fingerprint density at radius 3 is 2.03 bits per heavy atom. The van der Waals surface area contributed by atoms with Gasteiger partial charge in [0.1, 0.15) is 18.1 Å². The van der Waals surface area contributed by atoms with E-state index in [1.807, 2.05) is 71.9 Å². The van der Waals surface area contributed by atoms with E-state index in [0.717, 1.165) is 5.56 Å². The lowest BCUT2D eigenvalue weighted by Crippen LogP contribution is -2.60. The van der Waals surface area contributed by atoms with Gasteiger partial charge in [-0.25, -0.2) is 5.01 Å². The summed E-state index contributed by atoms with van der Waals surface area (Å²) >= 11 is 0. The Labute approximate surface area is 364 Å². The molecule has 9 unspecified atom stereocenters. The summed E-state index contributed by atoms with van der Waals surface area (Å²) in [6.07, 6.45) is 0.953. The standard InChI is InChI=1S/C46H74N8O7/c1-13-30(6)41(52(9)46(59)39(28(2)3)51-45(58)40(29(4)5)53(10)48-8)37(60-11)27-38(55)54-25-17-20-36(54)42(61-12)31(7)43(56)50-35(26-32-18-15-14-16-19-32)44(57)49-34-23-21-33(47)22-24-34/h14-16,18-19,21-24,28-31,35-37,39-42,48H,13,17,20,25-27,47H2,1-12H3,(H,49,57)(H,50,56)(H,51,58). The molecule has 15 nitrogen and oxygen atoms in total. The molecule has 1 heterocycles. The molecule has 340 valence electrons. The van der Waals surface area contributed by atoms with Gasteiger partial charge in [-0.15, -0.1) is 0 Å². The van der Waals surface area contributed by atoms with Gasteiger partial charge in [-0.1, -0.05) is 85.2 Å². The van der Waals surface area contributed by atoms with Crippen molar-refractivity contribution in [2.45, 2.75) is 123 Å². The number of nitrogens with zero attached hydrogens (tertiary/aromatic N) is 3. The van der Waals surface area contributed by atoms with E-state index in [1.54, 1.807) is 74.3 Å². The van der Waals surface area contributed by atoms with E-state index in [9.17, 15) is 24.0 Å². The number of hydrazine groups is 1. The van der Waals surface area contributed by atoms with E-state index < -0.39 is 48.3 Å². The number of methoxy groups -OCH3 is 2. The van der Waals surface area contributed by atoms with Gasteiger partial charge < -0.3 is 41.0 Å². The van der Waals surface area contributed by atoms with Gasteiger partial charge in [0.15, 0.2) is 0 Å². The summed E-state index contributed by atoms with van der Waals surface area (Å²) in [4.78, 5) is 73.5. The van der Waals surface area contributed by atoms with Gasteiger partial charge in [0.05, 0.1) is 36.6 Å². The Morgan fingerprint density at radius 2 is 1.49 bits per heavy atom. The van der Waals surface area contributed by atoms with E-state index in [4.69, 9.17) is 15.2 Å². The average Bonchev–Trinajstić information content (AvgIpc) is 3.72. The zero-order chi connectivity index (χ0) is 45.6. The quantitative estimate of drug-likeness (QED) is 0.0806. The molecule has 3 rings (SSSR count). The molecule has 61 heavy (non-hydrogen) atoms. The SMILES string of the molecule is CCC(C)C(C(CC(=O)N1CCCC1C(OC)C(C)C(=O)NC(Cc1ccccc1)C(=O)Nc1ccc(N)cc1)OC)N(C)C(=O)C(NC(=O)C(C(C)C)N(C)NC)C(C)C. The van der Waals surface area contributed by atoms with Crippen LogP contribution >= 0.6 is 0 Å². The third-order valence-corrected chi connectivity index (χ3v) is 12.3. The predicted molar refractivity (Wildman–Crippen MR) is 240 cm³/mol. The van der Waals surface area contributed by atoms with Gasteiger partial charge in [-0.2, -0.15) is 0 Å². The summed E-state index contributed by atoms with van der Waals surface area (Å²) in [5, 5.41) is 10.6. The molecular formula is C46H74N8O7. The molecule has 2 aromatic rings. The lowest BCUT2D eigenvalue weighted by atomic mass is 9.89. The number of nitrogens with two attached hydrogens (primary N) is 1. The molecule has 6 N–H and O–H groups in total. The molecule has 1 fully saturated rings. The van der Waals surface area contributed by atoms with Crippen LogP contribution in [0.2, 0.25) is 0 Å². The maximum Gasteiger partial charge on any atom is 0.247 e. The van der Waals surface area contributed by atoms with Gasteiger partial charge in [0, 0.05) is 52.7 Å². The third-order valence-electron chi connectivity index (χ3n) is 12.3. The number of anilines is 2.